The normalized spacial score (nSPS) is 11.1. The molecule has 3 rings (SSSR count). The van der Waals surface area contributed by atoms with Gasteiger partial charge < -0.3 is 4.98 Å². The molecule has 0 aliphatic carbocycles. The smallest absolute Gasteiger partial charge is 0.138 e. The minimum Gasteiger partial charge on any atom is -0.338 e. The first-order valence-electron chi connectivity index (χ1n) is 5.66. The number of aromatic nitrogens is 2. The van der Waals surface area contributed by atoms with Gasteiger partial charge in [0.05, 0.1) is 21.1 Å². The number of nitrogens with zero attached hydrogens (tertiary/aromatic N) is 1. The second-order valence-corrected chi connectivity index (χ2v) is 5.79. The van der Waals surface area contributed by atoms with Gasteiger partial charge in [0, 0.05) is 10.5 Å². The second-order valence-electron chi connectivity index (χ2n) is 4.10. The summed E-state index contributed by atoms with van der Waals surface area (Å²) in [6, 6.07) is 11.8. The Bertz CT molecular complexity index is 696. The predicted molar refractivity (Wildman–Crippen MR) is 83.3 cm³/mol. The third kappa shape index (κ3) is 2.46. The van der Waals surface area contributed by atoms with Gasteiger partial charge in [-0.25, -0.2) is 4.98 Å². The van der Waals surface area contributed by atoms with E-state index in [9.17, 15) is 0 Å². The molecule has 1 aromatic heterocycles. The minimum atomic E-state index is 0.518. The summed E-state index contributed by atoms with van der Waals surface area (Å²) in [7, 11) is 0. The molecule has 2 nitrogen and oxygen atoms in total. The number of hydrogen-bond donors (Lipinski definition) is 1. The maximum absolute atomic E-state index is 6.00. The molecule has 5 heteroatoms. The van der Waals surface area contributed by atoms with Gasteiger partial charge in [0.15, 0.2) is 0 Å². The fourth-order valence-corrected chi connectivity index (χ4v) is 2.62. The Labute approximate surface area is 125 Å². The Balaban J connectivity index is 2.09. The Morgan fingerprint density at radius 1 is 1.05 bits per heavy atom. The molecule has 0 aliphatic heterocycles. The molecule has 3 aromatic rings. The van der Waals surface area contributed by atoms with Crippen molar-refractivity contribution in [2.45, 2.75) is 4.90 Å². The lowest BCUT2D eigenvalue weighted by Crippen LogP contribution is -1.79. The molecule has 0 radical (unpaired) electrons. The zero-order valence-corrected chi connectivity index (χ0v) is 12.4. The van der Waals surface area contributed by atoms with Crippen molar-refractivity contribution >= 4 is 46.0 Å². The molecule has 0 bridgehead atoms. The van der Waals surface area contributed by atoms with Crippen LogP contribution >= 0.6 is 35.0 Å². The molecular formula is C14H10Cl2N2S. The number of aromatic amines is 1. The third-order valence-electron chi connectivity index (χ3n) is 2.89. The highest BCUT2D eigenvalue weighted by molar-refractivity contribution is 7.98. The Kier molecular flexibility index (Phi) is 3.44. The van der Waals surface area contributed by atoms with Crippen LogP contribution in [-0.4, -0.2) is 16.2 Å². The fourth-order valence-electron chi connectivity index (χ4n) is 1.89. The van der Waals surface area contributed by atoms with Crippen LogP contribution in [0, 0.1) is 0 Å². The zero-order valence-electron chi connectivity index (χ0n) is 10.1. The fraction of sp³-hybridized carbons (Fsp3) is 0.0714. The van der Waals surface area contributed by atoms with Crippen LogP contribution < -0.4 is 0 Å². The van der Waals surface area contributed by atoms with Crippen LogP contribution in [0.15, 0.2) is 41.3 Å². The van der Waals surface area contributed by atoms with E-state index in [0.29, 0.717) is 10.0 Å². The number of nitrogens with one attached hydrogen (secondary N) is 1. The van der Waals surface area contributed by atoms with Gasteiger partial charge in [0.2, 0.25) is 0 Å². The van der Waals surface area contributed by atoms with Crippen molar-refractivity contribution in [3.8, 4) is 11.4 Å². The lowest BCUT2D eigenvalue weighted by molar-refractivity contribution is 1.32. The number of halogens is 2. The van der Waals surface area contributed by atoms with Crippen LogP contribution in [0.3, 0.4) is 0 Å². The van der Waals surface area contributed by atoms with Crippen molar-refractivity contribution in [3.05, 3.63) is 46.4 Å². The largest absolute Gasteiger partial charge is 0.338 e. The van der Waals surface area contributed by atoms with E-state index in [1.165, 1.54) is 4.90 Å². The van der Waals surface area contributed by atoms with E-state index in [2.05, 4.69) is 28.4 Å². The van der Waals surface area contributed by atoms with E-state index in [1.807, 2.05) is 12.1 Å². The SMILES string of the molecule is CSc1ccc(-c2nc3cc(Cl)c(Cl)cc3[nH]2)cc1. The van der Waals surface area contributed by atoms with Crippen molar-refractivity contribution < 1.29 is 0 Å². The maximum Gasteiger partial charge on any atom is 0.138 e. The first-order chi connectivity index (χ1) is 9.17. The molecule has 0 fully saturated rings. The van der Waals surface area contributed by atoms with Crippen LogP contribution in [0.4, 0.5) is 0 Å². The van der Waals surface area contributed by atoms with Crippen LogP contribution in [-0.2, 0) is 0 Å². The highest BCUT2D eigenvalue weighted by atomic mass is 35.5. The number of rotatable bonds is 2. The zero-order chi connectivity index (χ0) is 13.4. The molecule has 0 unspecified atom stereocenters. The Hall–Kier alpha value is -1.16. The molecular weight excluding hydrogens is 299 g/mol. The standard InChI is InChI=1S/C14H10Cl2N2S/c1-19-9-4-2-8(3-5-9)14-17-12-6-10(15)11(16)7-13(12)18-14/h2-7H,1H3,(H,17,18). The number of fused-ring (bicyclic) bond motifs is 1. The van der Waals surface area contributed by atoms with E-state index < -0.39 is 0 Å². The van der Waals surface area contributed by atoms with E-state index in [1.54, 1.807) is 23.9 Å². The second kappa shape index (κ2) is 5.08. The van der Waals surface area contributed by atoms with Crippen molar-refractivity contribution in [1.82, 2.24) is 9.97 Å². The first kappa shape index (κ1) is 12.9. The third-order valence-corrected chi connectivity index (χ3v) is 4.35. The molecule has 1 heterocycles. The van der Waals surface area contributed by atoms with Crippen LogP contribution in [0.25, 0.3) is 22.4 Å². The summed E-state index contributed by atoms with van der Waals surface area (Å²) in [6.07, 6.45) is 2.06. The number of imidazole rings is 1. The monoisotopic (exact) mass is 308 g/mol. The van der Waals surface area contributed by atoms with E-state index in [-0.39, 0.29) is 0 Å². The van der Waals surface area contributed by atoms with Crippen molar-refractivity contribution in [2.75, 3.05) is 6.26 Å². The number of benzene rings is 2. The average Bonchev–Trinajstić information content (AvgIpc) is 2.82. The van der Waals surface area contributed by atoms with Crippen LogP contribution in [0.5, 0.6) is 0 Å². The lowest BCUT2D eigenvalue weighted by atomic mass is 10.2. The summed E-state index contributed by atoms with van der Waals surface area (Å²) in [6.45, 7) is 0. The molecule has 0 saturated carbocycles. The van der Waals surface area contributed by atoms with Gasteiger partial charge in [0.1, 0.15) is 5.82 Å². The maximum atomic E-state index is 6.00. The molecule has 96 valence electrons. The highest BCUT2D eigenvalue weighted by Gasteiger charge is 2.08. The van der Waals surface area contributed by atoms with Gasteiger partial charge in [-0.05, 0) is 30.5 Å². The van der Waals surface area contributed by atoms with Gasteiger partial charge in [-0.15, -0.1) is 11.8 Å². The average molecular weight is 309 g/mol. The summed E-state index contributed by atoms with van der Waals surface area (Å²) < 4.78 is 0. The number of H-pyrrole nitrogens is 1. The molecule has 0 atom stereocenters. The summed E-state index contributed by atoms with van der Waals surface area (Å²) in [5.41, 5.74) is 2.75. The van der Waals surface area contributed by atoms with E-state index in [0.717, 1.165) is 22.4 Å². The molecule has 0 saturated heterocycles. The van der Waals surface area contributed by atoms with Gasteiger partial charge in [-0.3, -0.25) is 0 Å². The quantitative estimate of drug-likeness (QED) is 0.654. The molecule has 0 spiro atoms. The number of hydrogen-bond acceptors (Lipinski definition) is 2. The van der Waals surface area contributed by atoms with Gasteiger partial charge in [-0.1, -0.05) is 35.3 Å². The van der Waals surface area contributed by atoms with Crippen LogP contribution in [0.2, 0.25) is 10.0 Å². The highest BCUT2D eigenvalue weighted by Crippen LogP contribution is 2.29. The number of thioether (sulfide) groups is 1. The minimum absolute atomic E-state index is 0.518. The summed E-state index contributed by atoms with van der Waals surface area (Å²) in [5.74, 6) is 0.820. The summed E-state index contributed by atoms with van der Waals surface area (Å²) >= 11 is 13.7. The van der Waals surface area contributed by atoms with E-state index >= 15 is 0 Å². The predicted octanol–water partition coefficient (Wildman–Crippen LogP) is 5.26. The molecule has 2 aromatic carbocycles. The van der Waals surface area contributed by atoms with Gasteiger partial charge in [-0.2, -0.15) is 0 Å². The Morgan fingerprint density at radius 3 is 2.42 bits per heavy atom. The lowest BCUT2D eigenvalue weighted by Gasteiger charge is -1.98. The van der Waals surface area contributed by atoms with Gasteiger partial charge >= 0.3 is 0 Å². The van der Waals surface area contributed by atoms with E-state index in [4.69, 9.17) is 23.2 Å². The molecule has 0 amide bonds. The van der Waals surface area contributed by atoms with Gasteiger partial charge in [0.25, 0.3) is 0 Å². The first-order valence-corrected chi connectivity index (χ1v) is 7.64. The van der Waals surface area contributed by atoms with Crippen molar-refractivity contribution in [2.24, 2.45) is 0 Å². The molecule has 19 heavy (non-hydrogen) atoms. The van der Waals surface area contributed by atoms with Crippen molar-refractivity contribution in [3.63, 3.8) is 0 Å². The summed E-state index contributed by atoms with van der Waals surface area (Å²) in [5, 5.41) is 1.05. The molecule has 1 N–H and O–H groups in total. The Morgan fingerprint density at radius 2 is 1.74 bits per heavy atom. The summed E-state index contributed by atoms with van der Waals surface area (Å²) in [4.78, 5) is 9.02. The molecule has 0 aliphatic rings. The van der Waals surface area contributed by atoms with Crippen molar-refractivity contribution in [1.29, 1.82) is 0 Å². The topological polar surface area (TPSA) is 28.7 Å². The van der Waals surface area contributed by atoms with Crippen LogP contribution in [0.1, 0.15) is 0 Å².